The maximum absolute atomic E-state index is 13.3. The van der Waals surface area contributed by atoms with Crippen molar-refractivity contribution in [1.29, 1.82) is 0 Å². The molecule has 2 aromatic carbocycles. The minimum absolute atomic E-state index is 0.00942. The minimum atomic E-state index is -0.784. The standard InChI is InChI=1S/C28H35NO7/c1-5-15-36-20-11-8-10-19(17-20)25-24(27(31)28(32)29(25)14-9-16-33-4)26(30)22-13-12-21(34-6-2)18-23(22)35-7-3/h8,10-13,17-18,25,30H,5-7,9,14-16H2,1-4H3/b26-24-. The zero-order valence-corrected chi connectivity index (χ0v) is 21.4. The highest BCUT2D eigenvalue weighted by Gasteiger charge is 2.46. The zero-order valence-electron chi connectivity index (χ0n) is 21.4. The van der Waals surface area contributed by atoms with Crippen molar-refractivity contribution in [2.45, 2.75) is 39.7 Å². The third-order valence-electron chi connectivity index (χ3n) is 5.75. The van der Waals surface area contributed by atoms with Crippen LogP contribution in [0.25, 0.3) is 5.76 Å². The predicted molar refractivity (Wildman–Crippen MR) is 137 cm³/mol. The van der Waals surface area contributed by atoms with E-state index in [1.807, 2.05) is 45.0 Å². The van der Waals surface area contributed by atoms with Gasteiger partial charge in [-0.05, 0) is 56.5 Å². The smallest absolute Gasteiger partial charge is 0.295 e. The van der Waals surface area contributed by atoms with Gasteiger partial charge in [0, 0.05) is 26.3 Å². The lowest BCUT2D eigenvalue weighted by molar-refractivity contribution is -0.140. The fraction of sp³-hybridized carbons (Fsp3) is 0.429. The van der Waals surface area contributed by atoms with Crippen molar-refractivity contribution >= 4 is 17.4 Å². The van der Waals surface area contributed by atoms with E-state index in [1.165, 1.54) is 4.90 Å². The lowest BCUT2D eigenvalue weighted by Crippen LogP contribution is -2.31. The van der Waals surface area contributed by atoms with Gasteiger partial charge in [0.15, 0.2) is 0 Å². The molecule has 0 aromatic heterocycles. The summed E-state index contributed by atoms with van der Waals surface area (Å²) in [7, 11) is 1.58. The number of hydrogen-bond acceptors (Lipinski definition) is 7. The Morgan fingerprint density at radius 3 is 2.39 bits per heavy atom. The molecule has 0 aliphatic carbocycles. The summed E-state index contributed by atoms with van der Waals surface area (Å²) in [6, 6.07) is 11.5. The molecule has 0 spiro atoms. The summed E-state index contributed by atoms with van der Waals surface area (Å²) in [5.74, 6) is -0.125. The van der Waals surface area contributed by atoms with E-state index >= 15 is 0 Å². The molecular weight excluding hydrogens is 462 g/mol. The molecule has 1 N–H and O–H groups in total. The number of aliphatic hydroxyl groups is 1. The lowest BCUT2D eigenvalue weighted by Gasteiger charge is -2.26. The summed E-state index contributed by atoms with van der Waals surface area (Å²) in [4.78, 5) is 27.9. The summed E-state index contributed by atoms with van der Waals surface area (Å²) in [5, 5.41) is 11.5. The molecule has 2 aromatic rings. The van der Waals surface area contributed by atoms with Crippen molar-refractivity contribution in [2.24, 2.45) is 0 Å². The quantitative estimate of drug-likeness (QED) is 0.185. The second-order valence-corrected chi connectivity index (χ2v) is 8.28. The molecule has 1 aliphatic rings. The van der Waals surface area contributed by atoms with Gasteiger partial charge in [-0.2, -0.15) is 0 Å². The van der Waals surface area contributed by atoms with Crippen molar-refractivity contribution in [3.05, 3.63) is 59.2 Å². The fourth-order valence-electron chi connectivity index (χ4n) is 4.21. The van der Waals surface area contributed by atoms with Gasteiger partial charge in [-0.15, -0.1) is 0 Å². The van der Waals surface area contributed by atoms with Crippen molar-refractivity contribution in [3.8, 4) is 17.2 Å². The number of carbonyl (C=O) groups is 2. The third kappa shape index (κ3) is 5.99. The van der Waals surface area contributed by atoms with Gasteiger partial charge in [-0.1, -0.05) is 19.1 Å². The van der Waals surface area contributed by atoms with Crippen LogP contribution in [0.1, 0.15) is 50.8 Å². The number of methoxy groups -OCH3 is 1. The van der Waals surface area contributed by atoms with E-state index < -0.39 is 17.7 Å². The maximum atomic E-state index is 13.3. The summed E-state index contributed by atoms with van der Waals surface area (Å²) >= 11 is 0. The van der Waals surface area contributed by atoms with Gasteiger partial charge < -0.3 is 29.0 Å². The zero-order chi connectivity index (χ0) is 26.1. The molecule has 36 heavy (non-hydrogen) atoms. The van der Waals surface area contributed by atoms with Crippen molar-refractivity contribution in [2.75, 3.05) is 40.1 Å². The number of aliphatic hydroxyl groups excluding tert-OH is 1. The number of carbonyl (C=O) groups excluding carboxylic acids is 2. The van der Waals surface area contributed by atoms with Gasteiger partial charge in [0.1, 0.15) is 23.0 Å². The Kier molecular flexibility index (Phi) is 9.76. The molecule has 1 heterocycles. The van der Waals surface area contributed by atoms with Gasteiger partial charge in [0.2, 0.25) is 0 Å². The van der Waals surface area contributed by atoms with E-state index in [0.717, 1.165) is 6.42 Å². The molecule has 1 amide bonds. The van der Waals surface area contributed by atoms with Crippen LogP contribution in [0.3, 0.4) is 0 Å². The average Bonchev–Trinajstić information content (AvgIpc) is 3.13. The van der Waals surface area contributed by atoms with Crippen molar-refractivity contribution in [3.63, 3.8) is 0 Å². The van der Waals surface area contributed by atoms with Gasteiger partial charge >= 0.3 is 0 Å². The van der Waals surface area contributed by atoms with Crippen LogP contribution in [0.2, 0.25) is 0 Å². The van der Waals surface area contributed by atoms with Crippen LogP contribution >= 0.6 is 0 Å². The third-order valence-corrected chi connectivity index (χ3v) is 5.75. The second kappa shape index (κ2) is 13.0. The molecule has 1 fully saturated rings. The van der Waals surface area contributed by atoms with Crippen LogP contribution in [-0.4, -0.2) is 61.8 Å². The summed E-state index contributed by atoms with van der Waals surface area (Å²) < 4.78 is 22.3. The highest BCUT2D eigenvalue weighted by molar-refractivity contribution is 6.46. The second-order valence-electron chi connectivity index (χ2n) is 8.28. The number of ketones is 1. The fourth-order valence-corrected chi connectivity index (χ4v) is 4.21. The number of ether oxygens (including phenoxy) is 4. The number of rotatable bonds is 13. The Morgan fingerprint density at radius 1 is 0.944 bits per heavy atom. The number of likely N-dealkylation sites (tertiary alicyclic amines) is 1. The molecule has 1 unspecified atom stereocenters. The Labute approximate surface area is 212 Å². The molecule has 8 heteroatoms. The van der Waals surface area contributed by atoms with E-state index in [4.69, 9.17) is 18.9 Å². The van der Waals surface area contributed by atoms with E-state index in [0.29, 0.717) is 67.8 Å². The molecule has 1 aliphatic heterocycles. The van der Waals surface area contributed by atoms with Crippen LogP contribution in [0, 0.1) is 0 Å². The Balaban J connectivity index is 2.15. The molecule has 0 bridgehead atoms. The van der Waals surface area contributed by atoms with Crippen LogP contribution in [0.4, 0.5) is 0 Å². The summed E-state index contributed by atoms with van der Waals surface area (Å²) in [6.45, 7) is 7.81. The SMILES string of the molecule is CCCOc1cccc(C2/C(=C(/O)c3ccc(OCC)cc3OCC)C(=O)C(=O)N2CCCOC)c1. The largest absolute Gasteiger partial charge is 0.507 e. The number of amides is 1. The van der Waals surface area contributed by atoms with E-state index in [-0.39, 0.29) is 11.3 Å². The first-order chi connectivity index (χ1) is 17.5. The highest BCUT2D eigenvalue weighted by atomic mass is 16.5. The lowest BCUT2D eigenvalue weighted by atomic mass is 9.94. The molecule has 1 atom stereocenters. The topological polar surface area (TPSA) is 94.5 Å². The van der Waals surface area contributed by atoms with Crippen molar-refractivity contribution < 1.29 is 33.6 Å². The van der Waals surface area contributed by atoms with Gasteiger partial charge in [0.05, 0.1) is 37.0 Å². The van der Waals surface area contributed by atoms with Crippen LogP contribution in [0.15, 0.2) is 48.0 Å². The van der Waals surface area contributed by atoms with Crippen molar-refractivity contribution in [1.82, 2.24) is 4.90 Å². The van der Waals surface area contributed by atoms with Crippen LogP contribution < -0.4 is 14.2 Å². The predicted octanol–water partition coefficient (Wildman–Crippen LogP) is 4.73. The molecular formula is C28H35NO7. The van der Waals surface area contributed by atoms with E-state index in [1.54, 1.807) is 25.3 Å². The first-order valence-corrected chi connectivity index (χ1v) is 12.4. The summed E-state index contributed by atoms with van der Waals surface area (Å²) in [6.07, 6.45) is 1.39. The molecule has 1 saturated heterocycles. The molecule has 8 nitrogen and oxygen atoms in total. The first kappa shape index (κ1) is 27.1. The van der Waals surface area contributed by atoms with Gasteiger partial charge in [-0.3, -0.25) is 9.59 Å². The Morgan fingerprint density at radius 2 is 1.69 bits per heavy atom. The highest BCUT2D eigenvalue weighted by Crippen LogP contribution is 2.42. The Hall–Kier alpha value is -3.52. The molecule has 194 valence electrons. The molecule has 0 saturated carbocycles. The van der Waals surface area contributed by atoms with Crippen LogP contribution in [-0.2, 0) is 14.3 Å². The van der Waals surface area contributed by atoms with Gasteiger partial charge in [-0.25, -0.2) is 0 Å². The van der Waals surface area contributed by atoms with E-state index in [2.05, 4.69) is 0 Å². The minimum Gasteiger partial charge on any atom is -0.507 e. The Bertz CT molecular complexity index is 1100. The number of nitrogens with zero attached hydrogens (tertiary/aromatic N) is 1. The number of Topliss-reactive ketones (excluding diaryl/α,β-unsaturated/α-hetero) is 1. The monoisotopic (exact) mass is 497 g/mol. The summed E-state index contributed by atoms with van der Waals surface area (Å²) in [5.41, 5.74) is 0.999. The molecule has 0 radical (unpaired) electrons. The molecule has 3 rings (SSSR count). The number of benzene rings is 2. The first-order valence-electron chi connectivity index (χ1n) is 12.4. The normalized spacial score (nSPS) is 16.9. The number of hydrogen-bond donors (Lipinski definition) is 1. The van der Waals surface area contributed by atoms with E-state index in [9.17, 15) is 14.7 Å². The van der Waals surface area contributed by atoms with Gasteiger partial charge in [0.25, 0.3) is 11.7 Å². The van der Waals surface area contributed by atoms with Crippen LogP contribution in [0.5, 0.6) is 17.2 Å². The maximum Gasteiger partial charge on any atom is 0.295 e. The average molecular weight is 498 g/mol.